The molecule has 2 heterocycles. The third-order valence-corrected chi connectivity index (χ3v) is 7.93. The van der Waals surface area contributed by atoms with Crippen LogP contribution < -0.4 is 5.32 Å². The monoisotopic (exact) mass is 494 g/mol. The van der Waals surface area contributed by atoms with E-state index in [1.165, 1.54) is 5.56 Å². The fourth-order valence-corrected chi connectivity index (χ4v) is 4.61. The van der Waals surface area contributed by atoms with Gasteiger partial charge in [-0.1, -0.05) is 55.4 Å². The number of hydrogen-bond donors (Lipinski definition) is 1. The molecule has 4 aromatic rings. The molecule has 0 unspecified atom stereocenters. The van der Waals surface area contributed by atoms with Crippen LogP contribution in [-0.4, -0.2) is 34.8 Å². The summed E-state index contributed by atoms with van der Waals surface area (Å²) in [6.07, 6.45) is 1.67. The normalized spacial score (nSPS) is 12.0. The Kier molecular flexibility index (Phi) is 7.14. The van der Waals surface area contributed by atoms with Gasteiger partial charge in [0.2, 0.25) is 0 Å². The van der Waals surface area contributed by atoms with E-state index in [0.717, 1.165) is 23.4 Å². The first-order valence-corrected chi connectivity index (χ1v) is 13.2. The minimum atomic E-state index is -3.33. The zero-order valence-corrected chi connectivity index (χ0v) is 21.4. The topological polar surface area (TPSA) is 98.0 Å². The number of nitrogens with zero attached hydrogens (tertiary/aromatic N) is 3. The minimum Gasteiger partial charge on any atom is -0.354 e. The first-order chi connectivity index (χ1) is 16.6. The van der Waals surface area contributed by atoms with Crippen LogP contribution >= 0.6 is 0 Å². The average molecular weight is 495 g/mol. The zero-order valence-electron chi connectivity index (χ0n) is 20.6. The lowest BCUT2D eigenvalue weighted by atomic mass is 10.1. The molecule has 4 rings (SSSR count). The number of hydrogen-bond acceptors (Lipinski definition) is 7. The lowest BCUT2D eigenvalue weighted by molar-refractivity contribution is 0.433. The first-order valence-electron chi connectivity index (χ1n) is 11.6. The van der Waals surface area contributed by atoms with Gasteiger partial charge >= 0.3 is 0 Å². The fraction of sp³-hybridized carbons (Fsp3) is 0.296. The number of rotatable bonds is 8. The minimum absolute atomic E-state index is 0. The summed E-state index contributed by atoms with van der Waals surface area (Å²) in [7, 11) is -3.33. The van der Waals surface area contributed by atoms with Gasteiger partial charge in [0.15, 0.2) is 15.6 Å². The molecule has 8 heteroatoms. The van der Waals surface area contributed by atoms with Gasteiger partial charge in [-0.2, -0.15) is 0 Å². The Labute approximate surface area is 209 Å². The number of sulfone groups is 1. The molecule has 0 aliphatic heterocycles. The quantitative estimate of drug-likeness (QED) is 0.323. The smallest absolute Gasteiger partial charge is 0.187 e. The Morgan fingerprint density at radius 3 is 2.20 bits per heavy atom. The molecule has 1 N–H and O–H groups in total. The van der Waals surface area contributed by atoms with Crippen molar-refractivity contribution in [3.05, 3.63) is 72.1 Å². The summed E-state index contributed by atoms with van der Waals surface area (Å²) in [6.45, 7) is 10.3. The van der Waals surface area contributed by atoms with Crippen LogP contribution in [0.4, 0.5) is 0 Å². The van der Waals surface area contributed by atoms with E-state index < -0.39 is 15.1 Å². The van der Waals surface area contributed by atoms with Crippen molar-refractivity contribution in [1.82, 2.24) is 20.4 Å². The maximum Gasteiger partial charge on any atom is 0.187 e. The van der Waals surface area contributed by atoms with Gasteiger partial charge in [-0.3, -0.25) is 4.98 Å². The fourth-order valence-electron chi connectivity index (χ4n) is 3.55. The second-order valence-corrected chi connectivity index (χ2v) is 11.6. The van der Waals surface area contributed by atoms with Crippen molar-refractivity contribution in [3.8, 4) is 34.0 Å². The van der Waals surface area contributed by atoms with Crippen LogP contribution in [0.25, 0.3) is 34.0 Å². The van der Waals surface area contributed by atoms with Crippen molar-refractivity contribution in [1.29, 1.82) is 0 Å². The van der Waals surface area contributed by atoms with Crippen LogP contribution in [0, 0.1) is 6.92 Å². The molecule has 0 spiro atoms. The summed E-state index contributed by atoms with van der Waals surface area (Å²) in [6, 6.07) is 17.2. The maximum atomic E-state index is 12.4. The van der Waals surface area contributed by atoms with E-state index in [1.54, 1.807) is 44.3 Å². The third kappa shape index (κ3) is 5.49. The van der Waals surface area contributed by atoms with E-state index in [0.29, 0.717) is 33.8 Å². The predicted octanol–water partition coefficient (Wildman–Crippen LogP) is 5.95. The second kappa shape index (κ2) is 10.1. The van der Waals surface area contributed by atoms with Crippen LogP contribution in [-0.2, 0) is 16.4 Å². The SMILES string of the molecule is Cc1ncc(-c2ccc(S(=O)(=O)C(C)C)cc2)nc1-c1cc(-c2ccc(CNC(C)C)cc2)no1.[HH].[HH]. The van der Waals surface area contributed by atoms with Gasteiger partial charge in [0, 0.05) is 32.6 Å². The number of nitrogens with one attached hydrogen (secondary N) is 1. The van der Waals surface area contributed by atoms with Gasteiger partial charge in [-0.05, 0) is 38.5 Å². The summed E-state index contributed by atoms with van der Waals surface area (Å²) in [5.74, 6) is 0.524. The first kappa shape index (κ1) is 24.8. The van der Waals surface area contributed by atoms with Gasteiger partial charge in [0.05, 0.1) is 27.7 Å². The van der Waals surface area contributed by atoms with Crippen LogP contribution in [0.3, 0.4) is 0 Å². The molecular weight excluding hydrogens is 460 g/mol. The highest BCUT2D eigenvalue weighted by Crippen LogP contribution is 2.29. The van der Waals surface area contributed by atoms with Crippen LogP contribution in [0.2, 0.25) is 0 Å². The Morgan fingerprint density at radius 2 is 1.57 bits per heavy atom. The lowest BCUT2D eigenvalue weighted by Gasteiger charge is -2.09. The van der Waals surface area contributed by atoms with Gasteiger partial charge in [0.25, 0.3) is 0 Å². The van der Waals surface area contributed by atoms with Crippen molar-refractivity contribution in [2.24, 2.45) is 0 Å². The standard InChI is InChI=1S/C27H30N4O3S.2H2/c1-17(2)28-15-20-6-8-21(9-7-20)24-14-26(34-31-24)27-19(5)29-16-25(30-27)22-10-12-23(13-11-22)35(32,33)18(3)4;;/h6-14,16-18,28H,15H2,1-5H3;2*1H. The Balaban J connectivity index is 0.00000241. The molecule has 35 heavy (non-hydrogen) atoms. The van der Waals surface area contributed by atoms with Crippen molar-refractivity contribution in [2.45, 2.75) is 57.4 Å². The van der Waals surface area contributed by atoms with Crippen LogP contribution in [0.1, 0.15) is 41.8 Å². The van der Waals surface area contributed by atoms with Crippen LogP contribution in [0.15, 0.2) is 70.2 Å². The Bertz CT molecular complexity index is 1420. The number of aromatic nitrogens is 3. The number of benzene rings is 2. The van der Waals surface area contributed by atoms with Crippen LogP contribution in [0.5, 0.6) is 0 Å². The Morgan fingerprint density at radius 1 is 0.943 bits per heavy atom. The van der Waals surface area contributed by atoms with E-state index in [-0.39, 0.29) is 2.85 Å². The summed E-state index contributed by atoms with van der Waals surface area (Å²) in [5.41, 5.74) is 5.58. The molecule has 186 valence electrons. The lowest BCUT2D eigenvalue weighted by Crippen LogP contribution is -2.21. The molecule has 0 atom stereocenters. The molecular formula is C27H34N4O3S. The van der Waals surface area contributed by atoms with Gasteiger partial charge in [0.1, 0.15) is 11.4 Å². The molecule has 0 radical (unpaired) electrons. The van der Waals surface area contributed by atoms with E-state index in [4.69, 9.17) is 9.51 Å². The summed E-state index contributed by atoms with van der Waals surface area (Å²) in [4.78, 5) is 9.53. The largest absolute Gasteiger partial charge is 0.354 e. The van der Waals surface area contributed by atoms with E-state index >= 15 is 0 Å². The third-order valence-electron chi connectivity index (χ3n) is 5.76. The molecule has 0 saturated carbocycles. The van der Waals surface area contributed by atoms with Gasteiger partial charge in [-0.25, -0.2) is 13.4 Å². The summed E-state index contributed by atoms with van der Waals surface area (Å²) >= 11 is 0. The van der Waals surface area contributed by atoms with Crippen molar-refractivity contribution < 1.29 is 15.8 Å². The highest BCUT2D eigenvalue weighted by Gasteiger charge is 2.19. The zero-order chi connectivity index (χ0) is 25.2. The average Bonchev–Trinajstić information content (AvgIpc) is 3.33. The molecule has 2 aromatic carbocycles. The second-order valence-electron chi connectivity index (χ2n) is 9.12. The van der Waals surface area contributed by atoms with Gasteiger partial charge < -0.3 is 9.84 Å². The predicted molar refractivity (Wildman–Crippen MR) is 142 cm³/mol. The van der Waals surface area contributed by atoms with E-state index in [2.05, 4.69) is 41.4 Å². The highest BCUT2D eigenvalue weighted by molar-refractivity contribution is 7.92. The molecule has 0 aliphatic carbocycles. The van der Waals surface area contributed by atoms with Crippen molar-refractivity contribution in [3.63, 3.8) is 0 Å². The molecule has 0 fully saturated rings. The molecule has 0 aliphatic rings. The van der Waals surface area contributed by atoms with Gasteiger partial charge in [-0.15, -0.1) is 0 Å². The van der Waals surface area contributed by atoms with Crippen molar-refractivity contribution in [2.75, 3.05) is 0 Å². The van der Waals surface area contributed by atoms with Crippen molar-refractivity contribution >= 4 is 9.84 Å². The van der Waals surface area contributed by atoms with E-state index in [1.807, 2.05) is 25.1 Å². The summed E-state index contributed by atoms with van der Waals surface area (Å²) < 4.78 is 30.5. The summed E-state index contributed by atoms with van der Waals surface area (Å²) in [5, 5.41) is 7.17. The highest BCUT2D eigenvalue weighted by atomic mass is 32.2. The number of aryl methyl sites for hydroxylation is 1. The maximum absolute atomic E-state index is 12.4. The molecule has 0 amide bonds. The Hall–Kier alpha value is -3.36. The van der Waals surface area contributed by atoms with E-state index in [9.17, 15) is 8.42 Å². The molecule has 0 bridgehead atoms. The molecule has 2 aromatic heterocycles. The molecule has 0 saturated heterocycles. The molecule has 7 nitrogen and oxygen atoms in total.